The maximum Gasteiger partial charge on any atom is 0.276 e. The van der Waals surface area contributed by atoms with Crippen molar-refractivity contribution < 1.29 is 14.6 Å². The summed E-state index contributed by atoms with van der Waals surface area (Å²) < 4.78 is 0. The van der Waals surface area contributed by atoms with Crippen molar-refractivity contribution in [1.82, 2.24) is 0 Å². The molecule has 0 bridgehead atoms. The summed E-state index contributed by atoms with van der Waals surface area (Å²) in [6.07, 6.45) is 2.44. The van der Waals surface area contributed by atoms with Gasteiger partial charge in [-0.3, -0.25) is 25.0 Å². The number of amides is 1. The molecule has 23 heavy (non-hydrogen) atoms. The molecule has 0 saturated carbocycles. The van der Waals surface area contributed by atoms with Gasteiger partial charge in [-0.1, -0.05) is 18.2 Å². The molecule has 0 spiro atoms. The van der Waals surface area contributed by atoms with E-state index in [4.69, 9.17) is 0 Å². The van der Waals surface area contributed by atoms with Crippen LogP contribution in [0.4, 0.5) is 17.1 Å². The third-order valence-corrected chi connectivity index (χ3v) is 2.87. The number of benzene rings is 2. The van der Waals surface area contributed by atoms with Crippen molar-refractivity contribution in [3.8, 4) is 0 Å². The molecule has 0 fully saturated rings. The van der Waals surface area contributed by atoms with Crippen molar-refractivity contribution in [2.45, 2.75) is 0 Å². The van der Waals surface area contributed by atoms with Crippen molar-refractivity contribution >= 4 is 29.0 Å². The molecule has 2 rings (SSSR count). The summed E-state index contributed by atoms with van der Waals surface area (Å²) in [5, 5.41) is 24.0. The number of anilines is 1. The Morgan fingerprint density at radius 1 is 1.00 bits per heavy atom. The maximum atomic E-state index is 11.8. The van der Waals surface area contributed by atoms with E-state index in [-0.39, 0.29) is 22.6 Å². The van der Waals surface area contributed by atoms with Crippen LogP contribution in [0.3, 0.4) is 0 Å². The number of carbonyl (C=O) groups excluding carboxylic acids is 1. The van der Waals surface area contributed by atoms with Gasteiger partial charge >= 0.3 is 0 Å². The molecule has 0 aromatic heterocycles. The Morgan fingerprint density at radius 2 is 1.74 bits per heavy atom. The number of non-ortho nitro benzene ring substituents is 1. The van der Waals surface area contributed by atoms with Crippen molar-refractivity contribution in [3.63, 3.8) is 0 Å². The molecular weight excluding hydrogens is 302 g/mol. The van der Waals surface area contributed by atoms with E-state index in [1.807, 2.05) is 0 Å². The van der Waals surface area contributed by atoms with Crippen LogP contribution in [0, 0.1) is 20.2 Å². The van der Waals surface area contributed by atoms with Crippen molar-refractivity contribution in [1.29, 1.82) is 0 Å². The number of nitrogens with one attached hydrogen (secondary N) is 1. The summed E-state index contributed by atoms with van der Waals surface area (Å²) in [7, 11) is 0. The lowest BCUT2D eigenvalue weighted by molar-refractivity contribution is -0.385. The topological polar surface area (TPSA) is 115 Å². The van der Waals surface area contributed by atoms with Crippen LogP contribution in [0.25, 0.3) is 6.08 Å². The van der Waals surface area contributed by atoms with E-state index in [0.717, 1.165) is 6.08 Å². The molecule has 0 unspecified atom stereocenters. The first-order chi connectivity index (χ1) is 11.0. The molecule has 0 radical (unpaired) electrons. The molecule has 116 valence electrons. The summed E-state index contributed by atoms with van der Waals surface area (Å²) >= 11 is 0. The molecular formula is C15H11N3O5. The first kappa shape index (κ1) is 15.8. The Kier molecular flexibility index (Phi) is 4.78. The molecule has 8 heteroatoms. The van der Waals surface area contributed by atoms with Gasteiger partial charge in [-0.25, -0.2) is 0 Å². The molecule has 0 heterocycles. The first-order valence-corrected chi connectivity index (χ1v) is 6.44. The second-order valence-electron chi connectivity index (χ2n) is 4.45. The lowest BCUT2D eigenvalue weighted by Crippen LogP contribution is -2.07. The van der Waals surface area contributed by atoms with Gasteiger partial charge in [-0.15, -0.1) is 0 Å². The van der Waals surface area contributed by atoms with E-state index in [0.29, 0.717) is 0 Å². The highest BCUT2D eigenvalue weighted by atomic mass is 16.6. The molecule has 8 nitrogen and oxygen atoms in total. The molecule has 2 aromatic carbocycles. The Bertz CT molecular complexity index is 801. The number of nitrogens with zero attached hydrogens (tertiary/aromatic N) is 2. The fourth-order valence-electron chi connectivity index (χ4n) is 1.84. The highest BCUT2D eigenvalue weighted by Crippen LogP contribution is 2.20. The number of rotatable bonds is 5. The van der Waals surface area contributed by atoms with Crippen LogP contribution < -0.4 is 5.32 Å². The summed E-state index contributed by atoms with van der Waals surface area (Å²) in [4.78, 5) is 32.2. The van der Waals surface area contributed by atoms with Crippen molar-refractivity contribution in [2.75, 3.05) is 5.32 Å². The first-order valence-electron chi connectivity index (χ1n) is 6.44. The Balaban J connectivity index is 2.12. The highest BCUT2D eigenvalue weighted by molar-refractivity contribution is 6.02. The van der Waals surface area contributed by atoms with Gasteiger partial charge in [0.15, 0.2) is 0 Å². The third-order valence-electron chi connectivity index (χ3n) is 2.87. The van der Waals surface area contributed by atoms with Crippen LogP contribution in [0.2, 0.25) is 0 Å². The minimum absolute atomic E-state index is 0.119. The van der Waals surface area contributed by atoms with E-state index in [2.05, 4.69) is 5.32 Å². The third kappa shape index (κ3) is 4.21. The van der Waals surface area contributed by atoms with E-state index in [1.165, 1.54) is 48.5 Å². The number of nitro benzene ring substituents is 2. The average Bonchev–Trinajstić information content (AvgIpc) is 2.53. The van der Waals surface area contributed by atoms with Crippen molar-refractivity contribution in [2.24, 2.45) is 0 Å². The second kappa shape index (κ2) is 6.94. The Labute approximate surface area is 130 Å². The smallest absolute Gasteiger partial charge is 0.276 e. The van der Waals surface area contributed by atoms with Crippen LogP contribution in [-0.2, 0) is 4.79 Å². The number of hydrogen-bond donors (Lipinski definition) is 1. The average molecular weight is 313 g/mol. The highest BCUT2D eigenvalue weighted by Gasteiger charge is 2.10. The van der Waals surface area contributed by atoms with E-state index >= 15 is 0 Å². The number of carbonyl (C=O) groups is 1. The fourth-order valence-corrected chi connectivity index (χ4v) is 1.84. The number of nitro groups is 2. The normalized spacial score (nSPS) is 10.4. The van der Waals surface area contributed by atoms with Crippen LogP contribution in [-0.4, -0.2) is 15.8 Å². The SMILES string of the molecule is O=C(/C=C/c1ccccc1[N+](=O)[O-])Nc1cccc([N+](=O)[O-])c1. The zero-order valence-electron chi connectivity index (χ0n) is 11.7. The summed E-state index contributed by atoms with van der Waals surface area (Å²) in [6.45, 7) is 0. The van der Waals surface area contributed by atoms with Gasteiger partial charge in [-0.05, 0) is 18.2 Å². The monoisotopic (exact) mass is 313 g/mol. The summed E-state index contributed by atoms with van der Waals surface area (Å²) in [6, 6.07) is 11.5. The number of hydrogen-bond acceptors (Lipinski definition) is 5. The largest absolute Gasteiger partial charge is 0.322 e. The molecule has 0 aliphatic heterocycles. The number of para-hydroxylation sites is 1. The molecule has 1 N–H and O–H groups in total. The standard InChI is InChI=1S/C15H11N3O5/c19-15(16-12-5-3-6-13(10-12)17(20)21)9-8-11-4-1-2-7-14(11)18(22)23/h1-10H,(H,16,19)/b9-8+. The van der Waals surface area contributed by atoms with Gasteiger partial charge < -0.3 is 5.32 Å². The predicted octanol–water partition coefficient (Wildman–Crippen LogP) is 3.15. The van der Waals surface area contributed by atoms with Crippen LogP contribution >= 0.6 is 0 Å². The molecule has 0 saturated heterocycles. The second-order valence-corrected chi connectivity index (χ2v) is 4.45. The van der Waals surface area contributed by atoms with Crippen LogP contribution in [0.5, 0.6) is 0 Å². The fraction of sp³-hybridized carbons (Fsp3) is 0. The van der Waals surface area contributed by atoms with Gasteiger partial charge in [0.1, 0.15) is 0 Å². The lowest BCUT2D eigenvalue weighted by atomic mass is 10.1. The predicted molar refractivity (Wildman–Crippen MR) is 83.9 cm³/mol. The molecule has 0 aliphatic carbocycles. The van der Waals surface area contributed by atoms with E-state index in [1.54, 1.807) is 6.07 Å². The van der Waals surface area contributed by atoms with Crippen molar-refractivity contribution in [3.05, 3.63) is 80.4 Å². The summed E-state index contributed by atoms with van der Waals surface area (Å²) in [5.74, 6) is -0.552. The van der Waals surface area contributed by atoms with E-state index < -0.39 is 15.8 Å². The van der Waals surface area contributed by atoms with Gasteiger partial charge in [0, 0.05) is 30.0 Å². The minimum Gasteiger partial charge on any atom is -0.322 e. The maximum absolute atomic E-state index is 11.8. The molecule has 1 amide bonds. The van der Waals surface area contributed by atoms with Crippen LogP contribution in [0.1, 0.15) is 5.56 Å². The quantitative estimate of drug-likeness (QED) is 0.517. The zero-order chi connectivity index (χ0) is 16.8. The van der Waals surface area contributed by atoms with E-state index in [9.17, 15) is 25.0 Å². The van der Waals surface area contributed by atoms with Gasteiger partial charge in [0.05, 0.1) is 15.4 Å². The molecule has 0 atom stereocenters. The minimum atomic E-state index is -0.571. The summed E-state index contributed by atoms with van der Waals surface area (Å²) in [5.41, 5.74) is 0.278. The Morgan fingerprint density at radius 3 is 2.43 bits per heavy atom. The zero-order valence-corrected chi connectivity index (χ0v) is 11.7. The van der Waals surface area contributed by atoms with Crippen LogP contribution in [0.15, 0.2) is 54.6 Å². The Hall–Kier alpha value is -3.55. The molecule has 0 aliphatic rings. The molecule has 2 aromatic rings. The lowest BCUT2D eigenvalue weighted by Gasteiger charge is -2.01. The van der Waals surface area contributed by atoms with Gasteiger partial charge in [0.25, 0.3) is 11.4 Å². The van der Waals surface area contributed by atoms with Gasteiger partial charge in [0.2, 0.25) is 5.91 Å². The van der Waals surface area contributed by atoms with Gasteiger partial charge in [-0.2, -0.15) is 0 Å².